The van der Waals surface area contributed by atoms with Crippen LogP contribution in [0.2, 0.25) is 0 Å². The van der Waals surface area contributed by atoms with Crippen LogP contribution in [0, 0.1) is 5.92 Å². The second kappa shape index (κ2) is 8.17. The number of halogens is 1. The number of hydrogen-bond donors (Lipinski definition) is 1. The number of para-hydroxylation sites is 1. The van der Waals surface area contributed by atoms with E-state index in [4.69, 9.17) is 9.47 Å². The Bertz CT molecular complexity index is 1510. The van der Waals surface area contributed by atoms with E-state index in [9.17, 15) is 14.7 Å². The maximum absolute atomic E-state index is 13.9. The van der Waals surface area contributed by atoms with Crippen LogP contribution in [0.25, 0.3) is 10.9 Å². The summed E-state index contributed by atoms with van der Waals surface area (Å²) in [5.41, 5.74) is 1.24. The minimum atomic E-state index is -0.935. The fraction of sp³-hybridized carbons (Fsp3) is 0.433. The zero-order chi connectivity index (χ0) is 24.9. The molecule has 3 aliphatic carbocycles. The van der Waals surface area contributed by atoms with Gasteiger partial charge in [0.2, 0.25) is 0 Å². The molecular formula is C30H29ClN2O5. The molecule has 3 heterocycles. The van der Waals surface area contributed by atoms with E-state index in [1.165, 1.54) is 12.8 Å². The molecule has 3 aromatic rings. The van der Waals surface area contributed by atoms with Crippen molar-refractivity contribution in [2.24, 2.45) is 5.92 Å². The Labute approximate surface area is 226 Å². The summed E-state index contributed by atoms with van der Waals surface area (Å²) in [5.74, 6) is 0.685. The molecule has 8 rings (SSSR count). The number of hydrogen-bond acceptors (Lipinski definition) is 7. The van der Waals surface area contributed by atoms with E-state index in [-0.39, 0.29) is 42.1 Å². The van der Waals surface area contributed by atoms with Crippen LogP contribution in [-0.2, 0) is 21.4 Å². The van der Waals surface area contributed by atoms with Crippen molar-refractivity contribution >= 4 is 35.1 Å². The molecule has 1 saturated heterocycles. The fourth-order valence-electron chi connectivity index (χ4n) is 7.84. The van der Waals surface area contributed by atoms with E-state index >= 15 is 0 Å². The predicted octanol–water partition coefficient (Wildman–Crippen LogP) is 4.36. The van der Waals surface area contributed by atoms with Crippen molar-refractivity contribution < 1.29 is 24.2 Å². The molecule has 2 aromatic carbocycles. The molecule has 1 N–H and O–H groups in total. The molecule has 1 aromatic heterocycles. The van der Waals surface area contributed by atoms with Crippen molar-refractivity contribution in [3.8, 4) is 11.5 Å². The van der Waals surface area contributed by atoms with Crippen LogP contribution in [0.1, 0.15) is 53.7 Å². The first kappa shape index (κ1) is 23.9. The van der Waals surface area contributed by atoms with Gasteiger partial charge in [-0.15, -0.1) is 12.4 Å². The average Bonchev–Trinajstić information content (AvgIpc) is 3.65. The van der Waals surface area contributed by atoms with Crippen molar-refractivity contribution in [2.75, 3.05) is 13.1 Å². The Kier molecular flexibility index (Phi) is 5.14. The number of piperidine rings is 1. The van der Waals surface area contributed by atoms with Gasteiger partial charge >= 0.3 is 5.97 Å². The van der Waals surface area contributed by atoms with Gasteiger partial charge in [0.15, 0.2) is 23.4 Å². The first-order valence-electron chi connectivity index (χ1n) is 13.4. The van der Waals surface area contributed by atoms with Crippen LogP contribution in [0.4, 0.5) is 0 Å². The number of ether oxygens (including phenoxy) is 2. The highest BCUT2D eigenvalue weighted by molar-refractivity contribution is 5.93. The van der Waals surface area contributed by atoms with Crippen LogP contribution in [0.5, 0.6) is 11.5 Å². The van der Waals surface area contributed by atoms with Gasteiger partial charge in [0.25, 0.3) is 0 Å². The van der Waals surface area contributed by atoms with Gasteiger partial charge in [-0.05, 0) is 68.3 Å². The van der Waals surface area contributed by atoms with Gasteiger partial charge in [-0.3, -0.25) is 9.69 Å². The topological polar surface area (TPSA) is 89.0 Å². The van der Waals surface area contributed by atoms with Gasteiger partial charge in [-0.2, -0.15) is 0 Å². The van der Waals surface area contributed by atoms with E-state index < -0.39 is 23.1 Å². The smallest absolute Gasteiger partial charge is 0.357 e. The monoisotopic (exact) mass is 532 g/mol. The molecule has 2 saturated carbocycles. The molecule has 4 atom stereocenters. The lowest BCUT2D eigenvalue weighted by Crippen LogP contribution is -2.77. The second-order valence-corrected chi connectivity index (χ2v) is 11.5. The van der Waals surface area contributed by atoms with Crippen molar-refractivity contribution in [2.45, 2.75) is 61.7 Å². The van der Waals surface area contributed by atoms with Gasteiger partial charge in [-0.25, -0.2) is 9.78 Å². The van der Waals surface area contributed by atoms with E-state index in [2.05, 4.69) is 9.88 Å². The molecule has 38 heavy (non-hydrogen) atoms. The highest BCUT2D eigenvalue weighted by Crippen LogP contribution is 2.66. The van der Waals surface area contributed by atoms with Crippen molar-refractivity contribution in [3.63, 3.8) is 0 Å². The molecular weight excluding hydrogens is 504 g/mol. The number of esters is 1. The molecule has 2 aliphatic heterocycles. The molecule has 1 spiro atoms. The minimum Gasteiger partial charge on any atom is -0.504 e. The Morgan fingerprint density at radius 1 is 1.13 bits per heavy atom. The van der Waals surface area contributed by atoms with Crippen LogP contribution in [0.3, 0.4) is 0 Å². The Balaban J connectivity index is 0.00000242. The molecule has 0 radical (unpaired) electrons. The number of rotatable bonds is 4. The number of phenols is 1. The van der Waals surface area contributed by atoms with Crippen LogP contribution < -0.4 is 4.74 Å². The van der Waals surface area contributed by atoms with Crippen molar-refractivity contribution in [1.29, 1.82) is 0 Å². The van der Waals surface area contributed by atoms with Gasteiger partial charge in [-0.1, -0.05) is 30.3 Å². The molecule has 0 unspecified atom stereocenters. The normalized spacial score (nSPS) is 30.8. The number of aromatic nitrogens is 1. The Morgan fingerprint density at radius 2 is 1.97 bits per heavy atom. The number of carbonyl (C=O) groups excluding carboxylic acids is 2. The summed E-state index contributed by atoms with van der Waals surface area (Å²) < 4.78 is 13.0. The Morgan fingerprint density at radius 3 is 2.82 bits per heavy atom. The quantitative estimate of drug-likeness (QED) is 0.499. The summed E-state index contributed by atoms with van der Waals surface area (Å²) in [6, 6.07) is 14.9. The number of ketones is 1. The number of nitrogens with zero attached hydrogens (tertiary/aromatic N) is 2. The summed E-state index contributed by atoms with van der Waals surface area (Å²) >= 11 is 0. The summed E-state index contributed by atoms with van der Waals surface area (Å²) in [5, 5.41) is 11.7. The zero-order valence-corrected chi connectivity index (χ0v) is 21.7. The number of benzene rings is 2. The third-order valence-corrected chi connectivity index (χ3v) is 9.60. The summed E-state index contributed by atoms with van der Waals surface area (Å²) in [7, 11) is 0. The molecule has 196 valence electrons. The maximum atomic E-state index is 13.9. The number of Topliss-reactive ketones (excluding diaryl/α,β-unsaturated/α-hetero) is 1. The van der Waals surface area contributed by atoms with Gasteiger partial charge in [0.05, 0.1) is 17.0 Å². The van der Waals surface area contributed by atoms with Crippen molar-refractivity contribution in [3.05, 3.63) is 65.4 Å². The molecule has 0 amide bonds. The number of likely N-dealkylation sites (tertiary alicyclic amines) is 1. The first-order valence-corrected chi connectivity index (χ1v) is 13.4. The third-order valence-electron chi connectivity index (χ3n) is 9.60. The second-order valence-electron chi connectivity index (χ2n) is 11.5. The van der Waals surface area contributed by atoms with E-state index in [1.54, 1.807) is 12.1 Å². The highest BCUT2D eigenvalue weighted by atomic mass is 35.5. The maximum Gasteiger partial charge on any atom is 0.357 e. The SMILES string of the molecule is Cl.O=C(O[C@@]12CCC(=O)[C@@H]3Oc4c(O)ccc5c4[C@@]31CCN(CC1CC1)[C@@H]2C5)c1ccc2ccccc2n1. The minimum absolute atomic E-state index is 0. The van der Waals surface area contributed by atoms with E-state index in [1.807, 2.05) is 36.4 Å². The van der Waals surface area contributed by atoms with Gasteiger partial charge in [0.1, 0.15) is 11.3 Å². The first-order chi connectivity index (χ1) is 18.0. The fourth-order valence-corrected chi connectivity index (χ4v) is 7.84. The largest absolute Gasteiger partial charge is 0.504 e. The van der Waals surface area contributed by atoms with Gasteiger partial charge < -0.3 is 14.6 Å². The van der Waals surface area contributed by atoms with Crippen LogP contribution in [0.15, 0.2) is 48.5 Å². The van der Waals surface area contributed by atoms with Crippen molar-refractivity contribution in [1.82, 2.24) is 9.88 Å². The lowest BCUT2D eigenvalue weighted by atomic mass is 9.48. The Hall–Kier alpha value is -3.16. The van der Waals surface area contributed by atoms with Crippen LogP contribution >= 0.6 is 12.4 Å². The number of carbonyl (C=O) groups is 2. The molecule has 7 nitrogen and oxygen atoms in total. The highest BCUT2D eigenvalue weighted by Gasteiger charge is 2.75. The number of aromatic hydroxyl groups is 1. The lowest BCUT2D eigenvalue weighted by molar-refractivity contribution is -0.190. The van der Waals surface area contributed by atoms with Gasteiger partial charge in [0, 0.05) is 23.9 Å². The summed E-state index contributed by atoms with van der Waals surface area (Å²) in [4.78, 5) is 34.4. The van der Waals surface area contributed by atoms with Crippen LogP contribution in [-0.4, -0.2) is 57.6 Å². The molecule has 3 fully saturated rings. The number of pyridine rings is 1. The lowest BCUT2D eigenvalue weighted by Gasteiger charge is -2.63. The summed E-state index contributed by atoms with van der Waals surface area (Å²) in [6.45, 7) is 1.80. The molecule has 5 aliphatic rings. The number of phenolic OH excluding ortho intramolecular Hbond substituents is 1. The summed E-state index contributed by atoms with van der Waals surface area (Å²) in [6.07, 6.45) is 3.79. The predicted molar refractivity (Wildman–Crippen MR) is 142 cm³/mol. The van der Waals surface area contributed by atoms with E-state index in [0.29, 0.717) is 30.9 Å². The standard InChI is InChI=1S/C30H28N2O5.ClH/c33-22-10-8-19-15-24-30(37-28(35)21-9-7-18-3-1-2-4-20(18)31-21)12-11-23(34)27-29(30,25(19)26(22)36-27)13-14-32(24)16-17-5-6-17;/h1-4,7-10,17,24,27,33H,5-6,11-16H2;1H/t24-,27+,29+,30-;/m1./s1. The molecule has 2 bridgehead atoms. The zero-order valence-electron chi connectivity index (χ0n) is 20.9. The van der Waals surface area contributed by atoms with E-state index in [0.717, 1.165) is 35.1 Å². The number of fused-ring (bicyclic) bond motifs is 1. The average molecular weight is 533 g/mol. The third kappa shape index (κ3) is 3.03. The molecule has 8 heteroatoms.